The summed E-state index contributed by atoms with van der Waals surface area (Å²) in [4.78, 5) is 7.80. The van der Waals surface area contributed by atoms with Gasteiger partial charge < -0.3 is 34.9 Å². The number of hydrogen-bond donors (Lipinski definition) is 5. The average Bonchev–Trinajstić information content (AvgIpc) is 3.01. The van der Waals surface area contributed by atoms with Crippen LogP contribution in [-0.4, -0.2) is 75.0 Å². The number of aliphatic imine (C=N–C) groups is 1. The minimum atomic E-state index is -1.47. The van der Waals surface area contributed by atoms with Crippen molar-refractivity contribution in [1.29, 1.82) is 0 Å². The van der Waals surface area contributed by atoms with Gasteiger partial charge in [0.15, 0.2) is 0 Å². The SMILES string of the molecule is CC1=NCCc2c1[nH]c1cc(OC3OC(CO)C(O)C(O)C3O)ccc21. The van der Waals surface area contributed by atoms with Crippen LogP contribution in [0.1, 0.15) is 18.2 Å². The molecule has 2 aliphatic rings. The lowest BCUT2D eigenvalue weighted by atomic mass is 9.99. The summed E-state index contributed by atoms with van der Waals surface area (Å²) in [5, 5.41) is 40.2. The number of benzene rings is 1. The molecular formula is C18H22N2O6. The van der Waals surface area contributed by atoms with Crippen molar-refractivity contribution < 1.29 is 29.9 Å². The number of hydrogen-bond acceptors (Lipinski definition) is 7. The fourth-order valence-corrected chi connectivity index (χ4v) is 3.59. The third-order valence-electron chi connectivity index (χ3n) is 5.05. The molecule has 1 fully saturated rings. The summed E-state index contributed by atoms with van der Waals surface area (Å²) in [6.07, 6.45) is -5.63. The van der Waals surface area contributed by atoms with Crippen LogP contribution in [0.2, 0.25) is 0 Å². The molecule has 0 amide bonds. The average molecular weight is 362 g/mol. The van der Waals surface area contributed by atoms with Gasteiger partial charge in [-0.3, -0.25) is 4.99 Å². The summed E-state index contributed by atoms with van der Waals surface area (Å²) in [5.41, 5.74) is 4.11. The highest BCUT2D eigenvalue weighted by molar-refractivity contribution is 6.05. The molecule has 0 spiro atoms. The van der Waals surface area contributed by atoms with Gasteiger partial charge in [-0.25, -0.2) is 0 Å². The maximum Gasteiger partial charge on any atom is 0.229 e. The van der Waals surface area contributed by atoms with E-state index in [0.717, 1.165) is 35.3 Å². The molecule has 0 bridgehead atoms. The molecule has 140 valence electrons. The Morgan fingerprint density at radius 2 is 2.04 bits per heavy atom. The zero-order chi connectivity index (χ0) is 18.4. The normalized spacial score (nSPS) is 31.6. The maximum atomic E-state index is 10.1. The first-order chi connectivity index (χ1) is 12.5. The third kappa shape index (κ3) is 2.80. The molecule has 1 aromatic carbocycles. The Bertz CT molecular complexity index is 846. The van der Waals surface area contributed by atoms with Crippen molar-refractivity contribution in [3.63, 3.8) is 0 Å². The van der Waals surface area contributed by atoms with Crippen molar-refractivity contribution in [2.75, 3.05) is 13.2 Å². The van der Waals surface area contributed by atoms with E-state index in [1.807, 2.05) is 13.0 Å². The predicted molar refractivity (Wildman–Crippen MR) is 93.5 cm³/mol. The zero-order valence-corrected chi connectivity index (χ0v) is 14.3. The van der Waals surface area contributed by atoms with Gasteiger partial charge in [0.2, 0.25) is 6.29 Å². The molecule has 0 saturated carbocycles. The van der Waals surface area contributed by atoms with Crippen LogP contribution in [0.25, 0.3) is 10.9 Å². The van der Waals surface area contributed by atoms with Crippen LogP contribution in [0.15, 0.2) is 23.2 Å². The lowest BCUT2D eigenvalue weighted by Gasteiger charge is -2.39. The van der Waals surface area contributed by atoms with Gasteiger partial charge in [0, 0.05) is 23.5 Å². The van der Waals surface area contributed by atoms with E-state index in [1.165, 1.54) is 5.56 Å². The molecule has 5 atom stereocenters. The van der Waals surface area contributed by atoms with Crippen LogP contribution in [0.5, 0.6) is 5.75 Å². The van der Waals surface area contributed by atoms with Crippen molar-refractivity contribution in [3.05, 3.63) is 29.5 Å². The Morgan fingerprint density at radius 3 is 2.81 bits per heavy atom. The Morgan fingerprint density at radius 1 is 1.23 bits per heavy atom. The quantitative estimate of drug-likeness (QED) is 0.511. The van der Waals surface area contributed by atoms with Crippen LogP contribution < -0.4 is 4.74 Å². The second kappa shape index (κ2) is 6.64. The molecule has 1 aromatic heterocycles. The third-order valence-corrected chi connectivity index (χ3v) is 5.05. The first-order valence-corrected chi connectivity index (χ1v) is 8.63. The fraction of sp³-hybridized carbons (Fsp3) is 0.500. The Labute approximate surface area is 149 Å². The summed E-state index contributed by atoms with van der Waals surface area (Å²) in [7, 11) is 0. The zero-order valence-electron chi connectivity index (χ0n) is 14.3. The van der Waals surface area contributed by atoms with Crippen LogP contribution >= 0.6 is 0 Å². The van der Waals surface area contributed by atoms with Crippen molar-refractivity contribution in [1.82, 2.24) is 4.98 Å². The van der Waals surface area contributed by atoms with Crippen molar-refractivity contribution in [2.24, 2.45) is 4.99 Å². The largest absolute Gasteiger partial charge is 0.462 e. The van der Waals surface area contributed by atoms with Gasteiger partial charge in [0.1, 0.15) is 30.2 Å². The minimum Gasteiger partial charge on any atom is -0.462 e. The van der Waals surface area contributed by atoms with Gasteiger partial charge in [0.05, 0.1) is 18.0 Å². The van der Waals surface area contributed by atoms with Gasteiger partial charge >= 0.3 is 0 Å². The second-order valence-electron chi connectivity index (χ2n) is 6.72. The molecule has 1 saturated heterocycles. The molecule has 5 unspecified atom stereocenters. The highest BCUT2D eigenvalue weighted by Gasteiger charge is 2.44. The number of aliphatic hydroxyl groups excluding tert-OH is 4. The van der Waals surface area contributed by atoms with Gasteiger partial charge in [-0.05, 0) is 31.0 Å². The number of nitrogens with one attached hydrogen (secondary N) is 1. The molecule has 2 aromatic rings. The summed E-state index contributed by atoms with van der Waals surface area (Å²) in [6, 6.07) is 5.49. The Hall–Kier alpha value is -1.97. The summed E-state index contributed by atoms with van der Waals surface area (Å²) in [6.45, 7) is 2.25. The number of aromatic amines is 1. The predicted octanol–water partition coefficient (Wildman–Crippen LogP) is -0.288. The molecule has 3 heterocycles. The molecule has 0 radical (unpaired) electrons. The molecule has 2 aliphatic heterocycles. The first-order valence-electron chi connectivity index (χ1n) is 8.63. The summed E-state index contributed by atoms with van der Waals surface area (Å²) >= 11 is 0. The number of aliphatic hydroxyl groups is 4. The van der Waals surface area contributed by atoms with E-state index in [1.54, 1.807) is 12.1 Å². The van der Waals surface area contributed by atoms with E-state index in [4.69, 9.17) is 9.47 Å². The number of ether oxygens (including phenoxy) is 2. The van der Waals surface area contributed by atoms with Crippen molar-refractivity contribution in [2.45, 2.75) is 44.1 Å². The maximum absolute atomic E-state index is 10.1. The fourth-order valence-electron chi connectivity index (χ4n) is 3.59. The number of rotatable bonds is 3. The lowest BCUT2D eigenvalue weighted by molar-refractivity contribution is -0.277. The van der Waals surface area contributed by atoms with Gasteiger partial charge in [-0.1, -0.05) is 0 Å². The smallest absolute Gasteiger partial charge is 0.229 e. The van der Waals surface area contributed by atoms with Crippen LogP contribution in [0.3, 0.4) is 0 Å². The van der Waals surface area contributed by atoms with E-state index < -0.39 is 37.3 Å². The highest BCUT2D eigenvalue weighted by atomic mass is 16.7. The number of nitrogens with zero attached hydrogens (tertiary/aromatic N) is 1. The van der Waals surface area contributed by atoms with E-state index in [0.29, 0.717) is 5.75 Å². The monoisotopic (exact) mass is 362 g/mol. The van der Waals surface area contributed by atoms with Crippen LogP contribution in [0.4, 0.5) is 0 Å². The number of aromatic nitrogens is 1. The van der Waals surface area contributed by atoms with Gasteiger partial charge in [-0.15, -0.1) is 0 Å². The number of H-pyrrole nitrogens is 1. The molecule has 8 nitrogen and oxygen atoms in total. The Balaban J connectivity index is 1.60. The molecule has 8 heteroatoms. The van der Waals surface area contributed by atoms with Crippen molar-refractivity contribution >= 4 is 16.6 Å². The molecule has 4 rings (SSSR count). The molecule has 26 heavy (non-hydrogen) atoms. The van der Waals surface area contributed by atoms with E-state index in [2.05, 4.69) is 9.98 Å². The Kier molecular flexibility index (Phi) is 4.45. The van der Waals surface area contributed by atoms with Crippen LogP contribution in [-0.2, 0) is 11.2 Å². The summed E-state index contributed by atoms with van der Waals surface area (Å²) in [5.74, 6) is 0.440. The van der Waals surface area contributed by atoms with Gasteiger partial charge in [-0.2, -0.15) is 0 Å². The topological polar surface area (TPSA) is 128 Å². The van der Waals surface area contributed by atoms with E-state index in [9.17, 15) is 20.4 Å². The van der Waals surface area contributed by atoms with E-state index >= 15 is 0 Å². The standard InChI is InChI=1S/C18H22N2O6/c1-8-14-11(4-5-19-8)10-3-2-9(6-12(10)20-14)25-18-17(24)16(23)15(22)13(7-21)26-18/h2-3,6,13,15-18,20-24H,4-5,7H2,1H3. The minimum absolute atomic E-state index is 0.440. The molecular weight excluding hydrogens is 340 g/mol. The molecule has 0 aliphatic carbocycles. The van der Waals surface area contributed by atoms with E-state index in [-0.39, 0.29) is 0 Å². The second-order valence-corrected chi connectivity index (χ2v) is 6.72. The highest BCUT2D eigenvalue weighted by Crippen LogP contribution is 2.31. The first kappa shape index (κ1) is 17.4. The van der Waals surface area contributed by atoms with Crippen molar-refractivity contribution in [3.8, 4) is 5.75 Å². The van der Waals surface area contributed by atoms with Crippen LogP contribution in [0, 0.1) is 0 Å². The van der Waals surface area contributed by atoms with Gasteiger partial charge in [0.25, 0.3) is 0 Å². The summed E-state index contributed by atoms with van der Waals surface area (Å²) < 4.78 is 11.1. The number of fused-ring (bicyclic) bond motifs is 3. The molecule has 5 N–H and O–H groups in total. The lowest BCUT2D eigenvalue weighted by Crippen LogP contribution is -2.60.